The number of rotatable bonds is 3. The lowest BCUT2D eigenvalue weighted by molar-refractivity contribution is -0.139. The lowest BCUT2D eigenvalue weighted by Gasteiger charge is -2.11. The molecule has 0 saturated heterocycles. The van der Waals surface area contributed by atoms with Crippen LogP contribution in [0.5, 0.6) is 0 Å². The van der Waals surface area contributed by atoms with Gasteiger partial charge in [-0.2, -0.15) is 13.2 Å². The lowest BCUT2D eigenvalue weighted by Crippen LogP contribution is -2.21. The van der Waals surface area contributed by atoms with E-state index in [4.69, 9.17) is 11.6 Å². The van der Waals surface area contributed by atoms with Gasteiger partial charge in [-0.3, -0.25) is 9.78 Å². The Morgan fingerprint density at radius 2 is 2.04 bits per heavy atom. The van der Waals surface area contributed by atoms with Gasteiger partial charge in [0.1, 0.15) is 17.6 Å². The largest absolute Gasteiger partial charge is 0.406 e. The molecule has 0 fully saturated rings. The molecule has 0 aliphatic carbocycles. The molecule has 1 aromatic carbocycles. The number of H-pyrrole nitrogens is 1. The van der Waals surface area contributed by atoms with Crippen LogP contribution in [0.2, 0.25) is 5.28 Å². The zero-order valence-electron chi connectivity index (χ0n) is 12.9. The molecule has 0 amide bonds. The summed E-state index contributed by atoms with van der Waals surface area (Å²) in [7, 11) is 3.77. The molecule has 3 aromatic rings. The Morgan fingerprint density at radius 3 is 2.67 bits per heavy atom. The SMILES string of the molecule is CN(C)Cc1ccc2c(c1)c1nc(Cl)[nH]c(=O)c1n2CC(F)(F)F. The summed E-state index contributed by atoms with van der Waals surface area (Å²) >= 11 is 5.78. The van der Waals surface area contributed by atoms with Crippen LogP contribution in [0.3, 0.4) is 0 Å². The number of benzene rings is 1. The zero-order valence-corrected chi connectivity index (χ0v) is 13.7. The van der Waals surface area contributed by atoms with E-state index in [1.807, 2.05) is 19.0 Å². The number of aromatic nitrogens is 3. The van der Waals surface area contributed by atoms with Crippen molar-refractivity contribution in [3.63, 3.8) is 0 Å². The first-order valence-electron chi connectivity index (χ1n) is 7.08. The summed E-state index contributed by atoms with van der Waals surface area (Å²) in [5.41, 5.74) is 0.541. The van der Waals surface area contributed by atoms with Crippen LogP contribution in [-0.2, 0) is 13.1 Å². The molecule has 0 spiro atoms. The van der Waals surface area contributed by atoms with Gasteiger partial charge in [0, 0.05) is 11.9 Å². The molecule has 0 radical (unpaired) electrons. The summed E-state index contributed by atoms with van der Waals surface area (Å²) in [6.45, 7) is -0.661. The van der Waals surface area contributed by atoms with Crippen LogP contribution in [0.1, 0.15) is 5.56 Å². The highest BCUT2D eigenvalue weighted by atomic mass is 35.5. The van der Waals surface area contributed by atoms with Gasteiger partial charge in [0.2, 0.25) is 5.28 Å². The first-order chi connectivity index (χ1) is 11.2. The molecule has 0 unspecified atom stereocenters. The standard InChI is InChI=1S/C15H14ClF3N4O/c1-22(2)6-8-3-4-10-9(5-8)11-12(13(24)21-14(16)20-11)23(10)7-15(17,18)19/h3-5H,6-7H2,1-2H3,(H,20,21,24). The van der Waals surface area contributed by atoms with Gasteiger partial charge in [-0.25, -0.2) is 4.98 Å². The van der Waals surface area contributed by atoms with Crippen molar-refractivity contribution < 1.29 is 13.2 Å². The minimum atomic E-state index is -4.47. The first-order valence-corrected chi connectivity index (χ1v) is 7.45. The first kappa shape index (κ1) is 16.8. The number of alkyl halides is 3. The van der Waals surface area contributed by atoms with Crippen LogP contribution in [0, 0.1) is 0 Å². The van der Waals surface area contributed by atoms with Crippen LogP contribution in [0.15, 0.2) is 23.0 Å². The van der Waals surface area contributed by atoms with Gasteiger partial charge in [0.15, 0.2) is 0 Å². The third kappa shape index (κ3) is 3.11. The number of aromatic amines is 1. The fourth-order valence-electron chi connectivity index (χ4n) is 2.81. The van der Waals surface area contributed by atoms with E-state index >= 15 is 0 Å². The molecule has 2 aromatic heterocycles. The van der Waals surface area contributed by atoms with E-state index in [2.05, 4.69) is 9.97 Å². The maximum atomic E-state index is 13.0. The molecular formula is C15H14ClF3N4O. The van der Waals surface area contributed by atoms with Gasteiger partial charge in [-0.05, 0) is 43.4 Å². The topological polar surface area (TPSA) is 53.9 Å². The Morgan fingerprint density at radius 1 is 1.33 bits per heavy atom. The average Bonchev–Trinajstić information content (AvgIpc) is 2.70. The minimum Gasteiger partial charge on any atom is -0.325 e. The normalized spacial score (nSPS) is 12.6. The summed E-state index contributed by atoms with van der Waals surface area (Å²) in [4.78, 5) is 20.4. The van der Waals surface area contributed by atoms with E-state index in [0.29, 0.717) is 17.4 Å². The predicted octanol–water partition coefficient (Wildman–Crippen LogP) is 3.16. The third-order valence-electron chi connectivity index (χ3n) is 3.58. The van der Waals surface area contributed by atoms with Crippen LogP contribution in [0.25, 0.3) is 21.9 Å². The number of hydrogen-bond acceptors (Lipinski definition) is 3. The van der Waals surface area contributed by atoms with E-state index < -0.39 is 18.3 Å². The fraction of sp³-hybridized carbons (Fsp3) is 0.333. The molecule has 0 aliphatic heterocycles. The van der Waals surface area contributed by atoms with Crippen molar-refractivity contribution in [2.75, 3.05) is 14.1 Å². The Labute approximate surface area is 139 Å². The van der Waals surface area contributed by atoms with Gasteiger partial charge in [-0.15, -0.1) is 0 Å². The molecule has 9 heteroatoms. The average molecular weight is 359 g/mol. The van der Waals surface area contributed by atoms with E-state index in [9.17, 15) is 18.0 Å². The van der Waals surface area contributed by atoms with Crippen molar-refractivity contribution in [2.24, 2.45) is 0 Å². The van der Waals surface area contributed by atoms with Gasteiger partial charge in [0.25, 0.3) is 5.56 Å². The van der Waals surface area contributed by atoms with Gasteiger partial charge >= 0.3 is 6.18 Å². The van der Waals surface area contributed by atoms with E-state index in [1.54, 1.807) is 18.2 Å². The van der Waals surface area contributed by atoms with Crippen molar-refractivity contribution in [1.29, 1.82) is 0 Å². The summed E-state index contributed by atoms with van der Waals surface area (Å²) in [5.74, 6) is 0. The molecule has 24 heavy (non-hydrogen) atoms. The molecule has 0 aliphatic rings. The number of nitrogens with zero attached hydrogens (tertiary/aromatic N) is 3. The Kier molecular flexibility index (Phi) is 4.05. The highest BCUT2D eigenvalue weighted by molar-refractivity contribution is 6.28. The molecule has 0 atom stereocenters. The third-order valence-corrected chi connectivity index (χ3v) is 3.76. The van der Waals surface area contributed by atoms with Gasteiger partial charge in [-0.1, -0.05) is 6.07 Å². The zero-order chi connectivity index (χ0) is 17.6. The molecule has 5 nitrogen and oxygen atoms in total. The molecule has 2 heterocycles. The summed E-state index contributed by atoms with van der Waals surface area (Å²) in [6, 6.07) is 5.06. The second-order valence-corrected chi connectivity index (χ2v) is 6.20. The van der Waals surface area contributed by atoms with Crippen molar-refractivity contribution in [2.45, 2.75) is 19.3 Å². The van der Waals surface area contributed by atoms with E-state index in [-0.39, 0.29) is 16.3 Å². The van der Waals surface area contributed by atoms with Crippen LogP contribution in [0.4, 0.5) is 13.2 Å². The molecule has 3 rings (SSSR count). The molecule has 0 saturated carbocycles. The molecule has 0 bridgehead atoms. The Hall–Kier alpha value is -2.06. The number of hydrogen-bond donors (Lipinski definition) is 1. The monoisotopic (exact) mass is 358 g/mol. The minimum absolute atomic E-state index is 0.131. The van der Waals surface area contributed by atoms with Crippen molar-refractivity contribution in [3.8, 4) is 0 Å². The molecule has 128 valence electrons. The smallest absolute Gasteiger partial charge is 0.325 e. The van der Waals surface area contributed by atoms with Gasteiger partial charge in [0.05, 0.1) is 5.52 Å². The van der Waals surface area contributed by atoms with Crippen molar-refractivity contribution >= 4 is 33.5 Å². The van der Waals surface area contributed by atoms with Crippen LogP contribution < -0.4 is 5.56 Å². The van der Waals surface area contributed by atoms with Crippen LogP contribution >= 0.6 is 11.6 Å². The van der Waals surface area contributed by atoms with E-state index in [1.165, 1.54) is 0 Å². The fourth-order valence-corrected chi connectivity index (χ4v) is 2.98. The maximum absolute atomic E-state index is 13.0. The number of fused-ring (bicyclic) bond motifs is 3. The predicted molar refractivity (Wildman–Crippen MR) is 86.3 cm³/mol. The number of nitrogens with one attached hydrogen (secondary N) is 1. The Bertz CT molecular complexity index is 975. The maximum Gasteiger partial charge on any atom is 0.406 e. The molecule has 1 N–H and O–H groups in total. The number of halogens is 4. The van der Waals surface area contributed by atoms with Gasteiger partial charge < -0.3 is 9.47 Å². The van der Waals surface area contributed by atoms with Crippen molar-refractivity contribution in [3.05, 3.63) is 39.4 Å². The summed E-state index contributed by atoms with van der Waals surface area (Å²) in [6.07, 6.45) is -4.47. The molecular weight excluding hydrogens is 345 g/mol. The summed E-state index contributed by atoms with van der Waals surface area (Å²) in [5, 5.41) is 0.318. The van der Waals surface area contributed by atoms with Crippen LogP contribution in [-0.4, -0.2) is 39.7 Å². The van der Waals surface area contributed by atoms with E-state index in [0.717, 1.165) is 10.1 Å². The highest BCUT2D eigenvalue weighted by Gasteiger charge is 2.31. The quantitative estimate of drug-likeness (QED) is 0.732. The van der Waals surface area contributed by atoms with Crippen molar-refractivity contribution in [1.82, 2.24) is 19.4 Å². The Balaban J connectivity index is 2.37. The highest BCUT2D eigenvalue weighted by Crippen LogP contribution is 2.30. The lowest BCUT2D eigenvalue weighted by atomic mass is 10.1. The summed E-state index contributed by atoms with van der Waals surface area (Å²) < 4.78 is 39.8. The second kappa shape index (κ2) is 5.78. The second-order valence-electron chi connectivity index (χ2n) is 5.84.